The van der Waals surface area contributed by atoms with Crippen molar-refractivity contribution in [2.24, 2.45) is 0 Å². The van der Waals surface area contributed by atoms with E-state index in [2.05, 4.69) is 26.6 Å². The van der Waals surface area contributed by atoms with Crippen molar-refractivity contribution in [1.29, 1.82) is 0 Å². The lowest BCUT2D eigenvalue weighted by molar-refractivity contribution is 0.0505. The van der Waals surface area contributed by atoms with Gasteiger partial charge in [-0.15, -0.1) is 0 Å². The first-order chi connectivity index (χ1) is 10.2. The number of carbonyl (C=O) groups is 1. The van der Waals surface area contributed by atoms with Crippen LogP contribution in [-0.2, 0) is 4.74 Å². The van der Waals surface area contributed by atoms with Crippen molar-refractivity contribution in [3.05, 3.63) is 27.7 Å². The smallest absolute Gasteiger partial charge is 0.407 e. The molecular weight excluding hydrogens is 368 g/mol. The Labute approximate surface area is 145 Å². The molecule has 1 saturated carbocycles. The molecule has 0 bridgehead atoms. The Bertz CT molecular complexity index is 545. The second-order valence-corrected chi connectivity index (χ2v) is 7.94. The highest BCUT2D eigenvalue weighted by Crippen LogP contribution is 2.29. The Hall–Kier alpha value is -0.940. The van der Waals surface area contributed by atoms with Crippen molar-refractivity contribution in [1.82, 2.24) is 5.32 Å². The standard InChI is InChI=1S/C16H22BrClN2O2/c1-16(2,3)22-15(21)20-12-6-5-11(9-12)19-14-7-4-10(17)8-13(14)18/h4,7-8,11-12,19H,5-6,9H2,1-3H3,(H,20,21). The summed E-state index contributed by atoms with van der Waals surface area (Å²) in [6.07, 6.45) is 2.45. The van der Waals surface area contributed by atoms with Crippen LogP contribution in [0.5, 0.6) is 0 Å². The summed E-state index contributed by atoms with van der Waals surface area (Å²) < 4.78 is 6.25. The average Bonchev–Trinajstić information content (AvgIpc) is 2.77. The Kier molecular flexibility index (Phi) is 5.61. The average molecular weight is 390 g/mol. The first kappa shape index (κ1) is 17.4. The molecule has 2 N–H and O–H groups in total. The first-order valence-corrected chi connectivity index (χ1v) is 8.61. The molecule has 0 aromatic heterocycles. The predicted molar refractivity (Wildman–Crippen MR) is 93.6 cm³/mol. The highest BCUT2D eigenvalue weighted by Gasteiger charge is 2.27. The van der Waals surface area contributed by atoms with Crippen LogP contribution in [0, 0.1) is 0 Å². The predicted octanol–water partition coefficient (Wildman–Crippen LogP) is 4.96. The Morgan fingerprint density at radius 3 is 2.64 bits per heavy atom. The minimum Gasteiger partial charge on any atom is -0.444 e. The molecule has 22 heavy (non-hydrogen) atoms. The van der Waals surface area contributed by atoms with Gasteiger partial charge in [-0.3, -0.25) is 0 Å². The summed E-state index contributed by atoms with van der Waals surface area (Å²) in [6.45, 7) is 5.59. The van der Waals surface area contributed by atoms with Crippen LogP contribution in [0.3, 0.4) is 0 Å². The lowest BCUT2D eigenvalue weighted by Gasteiger charge is -2.22. The van der Waals surface area contributed by atoms with Gasteiger partial charge in [-0.05, 0) is 58.2 Å². The van der Waals surface area contributed by atoms with Gasteiger partial charge < -0.3 is 15.4 Å². The summed E-state index contributed by atoms with van der Waals surface area (Å²) in [5.74, 6) is 0. The zero-order chi connectivity index (χ0) is 16.3. The number of ether oxygens (including phenoxy) is 1. The van der Waals surface area contributed by atoms with E-state index in [9.17, 15) is 4.79 Å². The molecule has 2 rings (SSSR count). The van der Waals surface area contributed by atoms with E-state index < -0.39 is 5.60 Å². The molecule has 0 saturated heterocycles. The fourth-order valence-corrected chi connectivity index (χ4v) is 3.27. The lowest BCUT2D eigenvalue weighted by Crippen LogP contribution is -2.38. The lowest BCUT2D eigenvalue weighted by atomic mass is 10.2. The zero-order valence-electron chi connectivity index (χ0n) is 13.1. The largest absolute Gasteiger partial charge is 0.444 e. The summed E-state index contributed by atoms with van der Waals surface area (Å²) in [4.78, 5) is 11.8. The van der Waals surface area contributed by atoms with Crippen LogP contribution >= 0.6 is 27.5 Å². The normalized spacial score (nSPS) is 21.5. The van der Waals surface area contributed by atoms with E-state index in [0.29, 0.717) is 11.1 Å². The Balaban J connectivity index is 1.84. The SMILES string of the molecule is CC(C)(C)OC(=O)NC1CCC(Nc2ccc(Br)cc2Cl)C1. The van der Waals surface area contributed by atoms with Crippen LogP contribution in [0.2, 0.25) is 5.02 Å². The summed E-state index contributed by atoms with van der Waals surface area (Å²) >= 11 is 9.61. The van der Waals surface area contributed by atoms with Crippen LogP contribution in [0.15, 0.2) is 22.7 Å². The molecule has 0 radical (unpaired) electrons. The third-order valence-corrected chi connectivity index (χ3v) is 4.25. The van der Waals surface area contributed by atoms with Crippen molar-refractivity contribution in [3.63, 3.8) is 0 Å². The molecule has 0 aliphatic heterocycles. The molecule has 0 spiro atoms. The quantitative estimate of drug-likeness (QED) is 0.768. The maximum Gasteiger partial charge on any atom is 0.407 e. The molecule has 1 aromatic carbocycles. The number of rotatable bonds is 3. The number of alkyl carbamates (subject to hydrolysis) is 1. The molecule has 1 amide bonds. The summed E-state index contributed by atoms with van der Waals surface area (Å²) in [5, 5.41) is 7.07. The number of amides is 1. The van der Waals surface area contributed by atoms with Gasteiger partial charge in [0.2, 0.25) is 0 Å². The van der Waals surface area contributed by atoms with Crippen molar-refractivity contribution in [3.8, 4) is 0 Å². The molecule has 6 heteroatoms. The third-order valence-electron chi connectivity index (χ3n) is 3.44. The third kappa shape index (κ3) is 5.36. The minimum atomic E-state index is -0.467. The van der Waals surface area contributed by atoms with Gasteiger partial charge in [0.05, 0.1) is 10.7 Å². The Morgan fingerprint density at radius 1 is 1.32 bits per heavy atom. The van der Waals surface area contributed by atoms with Gasteiger partial charge >= 0.3 is 6.09 Å². The molecule has 1 fully saturated rings. The van der Waals surface area contributed by atoms with E-state index in [1.807, 2.05) is 39.0 Å². The van der Waals surface area contributed by atoms with Gasteiger partial charge in [0.25, 0.3) is 0 Å². The molecule has 1 aromatic rings. The number of nitrogens with one attached hydrogen (secondary N) is 2. The fraction of sp³-hybridized carbons (Fsp3) is 0.562. The molecular formula is C16H22BrClN2O2. The van der Waals surface area contributed by atoms with Gasteiger partial charge in [0.1, 0.15) is 5.60 Å². The van der Waals surface area contributed by atoms with Crippen molar-refractivity contribution in [2.45, 2.75) is 57.7 Å². The highest BCUT2D eigenvalue weighted by atomic mass is 79.9. The fourth-order valence-electron chi connectivity index (χ4n) is 2.54. The maximum atomic E-state index is 11.8. The van der Waals surface area contributed by atoms with Crippen LogP contribution in [0.1, 0.15) is 40.0 Å². The van der Waals surface area contributed by atoms with Crippen LogP contribution < -0.4 is 10.6 Å². The molecule has 0 heterocycles. The topological polar surface area (TPSA) is 50.4 Å². The van der Waals surface area contributed by atoms with Crippen molar-refractivity contribution >= 4 is 39.3 Å². The molecule has 1 aliphatic rings. The van der Waals surface area contributed by atoms with E-state index in [1.54, 1.807) is 0 Å². The van der Waals surface area contributed by atoms with Crippen LogP contribution in [-0.4, -0.2) is 23.8 Å². The van der Waals surface area contributed by atoms with E-state index >= 15 is 0 Å². The minimum absolute atomic E-state index is 0.140. The van der Waals surface area contributed by atoms with Gasteiger partial charge in [-0.25, -0.2) is 4.79 Å². The molecule has 122 valence electrons. The summed E-state index contributed by atoms with van der Waals surface area (Å²) in [5.41, 5.74) is 0.457. The summed E-state index contributed by atoms with van der Waals surface area (Å²) in [7, 11) is 0. The van der Waals surface area contributed by atoms with Gasteiger partial charge in [-0.1, -0.05) is 27.5 Å². The monoisotopic (exact) mass is 388 g/mol. The number of halogens is 2. The maximum absolute atomic E-state index is 11.8. The number of hydrogen-bond acceptors (Lipinski definition) is 3. The molecule has 2 unspecified atom stereocenters. The first-order valence-electron chi connectivity index (χ1n) is 7.44. The van der Waals surface area contributed by atoms with E-state index in [4.69, 9.17) is 16.3 Å². The van der Waals surface area contributed by atoms with Crippen molar-refractivity contribution in [2.75, 3.05) is 5.32 Å². The molecule has 4 nitrogen and oxygen atoms in total. The second kappa shape index (κ2) is 7.09. The van der Waals surface area contributed by atoms with E-state index in [1.165, 1.54) is 0 Å². The van der Waals surface area contributed by atoms with Crippen LogP contribution in [0.4, 0.5) is 10.5 Å². The number of hydrogen-bond donors (Lipinski definition) is 2. The van der Waals surface area contributed by atoms with Crippen LogP contribution in [0.25, 0.3) is 0 Å². The second-order valence-electron chi connectivity index (χ2n) is 6.62. The number of carbonyl (C=O) groups excluding carboxylic acids is 1. The Morgan fingerprint density at radius 2 is 2.00 bits per heavy atom. The van der Waals surface area contributed by atoms with E-state index in [0.717, 1.165) is 29.4 Å². The van der Waals surface area contributed by atoms with E-state index in [-0.39, 0.29) is 12.1 Å². The van der Waals surface area contributed by atoms with Crippen molar-refractivity contribution < 1.29 is 9.53 Å². The van der Waals surface area contributed by atoms with Gasteiger partial charge in [0, 0.05) is 16.6 Å². The van der Waals surface area contributed by atoms with Gasteiger partial charge in [0.15, 0.2) is 0 Å². The molecule has 1 aliphatic carbocycles. The van der Waals surface area contributed by atoms with Gasteiger partial charge in [-0.2, -0.15) is 0 Å². The highest BCUT2D eigenvalue weighted by molar-refractivity contribution is 9.10. The summed E-state index contributed by atoms with van der Waals surface area (Å²) in [6, 6.07) is 6.23. The number of anilines is 1. The zero-order valence-corrected chi connectivity index (χ0v) is 15.4. The molecule has 2 atom stereocenters. The number of benzene rings is 1.